The average Bonchev–Trinajstić information content (AvgIpc) is 2.55. The van der Waals surface area contributed by atoms with E-state index in [1.807, 2.05) is 13.8 Å². The first-order chi connectivity index (χ1) is 10.6. The van der Waals surface area contributed by atoms with Crippen LogP contribution in [-0.4, -0.2) is 35.1 Å². The number of hydrogen-bond acceptors (Lipinski definition) is 4. The van der Waals surface area contributed by atoms with E-state index in [4.69, 9.17) is 9.84 Å². The predicted octanol–water partition coefficient (Wildman–Crippen LogP) is 2.33. The molecule has 0 saturated carbocycles. The summed E-state index contributed by atoms with van der Waals surface area (Å²) >= 11 is 0. The summed E-state index contributed by atoms with van der Waals surface area (Å²) in [6, 6.07) is 1.75. The number of carbonyl (C=O) groups excluding carboxylic acids is 1. The maximum absolute atomic E-state index is 11.4. The fourth-order valence-electron chi connectivity index (χ4n) is 1.48. The van der Waals surface area contributed by atoms with Crippen LogP contribution in [0, 0.1) is 0 Å². The Morgan fingerprint density at radius 1 is 1.45 bits per heavy atom. The SMILES string of the molecule is C=Cc1cnccc1/C(=C\C)OCC(=O)NCC(=O)O.CC. The van der Waals surface area contributed by atoms with E-state index in [2.05, 4.69) is 16.9 Å². The van der Waals surface area contributed by atoms with Gasteiger partial charge in [-0.3, -0.25) is 14.6 Å². The molecule has 0 saturated heterocycles. The Hall–Kier alpha value is -2.63. The molecule has 0 aliphatic rings. The second-order valence-electron chi connectivity index (χ2n) is 3.78. The third-order valence-corrected chi connectivity index (χ3v) is 2.40. The first-order valence-corrected chi connectivity index (χ1v) is 6.93. The van der Waals surface area contributed by atoms with Gasteiger partial charge in [-0.2, -0.15) is 0 Å². The molecule has 0 aromatic carbocycles. The van der Waals surface area contributed by atoms with Gasteiger partial charge in [0.2, 0.25) is 0 Å². The molecule has 22 heavy (non-hydrogen) atoms. The molecule has 1 aromatic heterocycles. The second-order valence-corrected chi connectivity index (χ2v) is 3.78. The molecule has 120 valence electrons. The zero-order valence-electron chi connectivity index (χ0n) is 13.1. The summed E-state index contributed by atoms with van der Waals surface area (Å²) in [4.78, 5) is 25.7. The number of allylic oxidation sites excluding steroid dienone is 1. The maximum atomic E-state index is 11.4. The molecule has 0 aliphatic carbocycles. The highest BCUT2D eigenvalue weighted by molar-refractivity contribution is 5.82. The van der Waals surface area contributed by atoms with Crippen LogP contribution in [0.25, 0.3) is 11.8 Å². The van der Waals surface area contributed by atoms with Gasteiger partial charge < -0.3 is 15.2 Å². The minimum Gasteiger partial charge on any atom is -0.483 e. The van der Waals surface area contributed by atoms with Gasteiger partial charge in [0.25, 0.3) is 5.91 Å². The quantitative estimate of drug-likeness (QED) is 0.755. The van der Waals surface area contributed by atoms with Crippen molar-refractivity contribution in [3.05, 3.63) is 42.2 Å². The minimum atomic E-state index is -1.10. The summed E-state index contributed by atoms with van der Waals surface area (Å²) in [5.74, 6) is -1.10. The highest BCUT2D eigenvalue weighted by Crippen LogP contribution is 2.20. The van der Waals surface area contributed by atoms with Gasteiger partial charge >= 0.3 is 5.97 Å². The van der Waals surface area contributed by atoms with Crippen molar-refractivity contribution < 1.29 is 19.4 Å². The van der Waals surface area contributed by atoms with Crippen LogP contribution < -0.4 is 5.32 Å². The molecule has 0 fully saturated rings. The molecule has 1 amide bonds. The summed E-state index contributed by atoms with van der Waals surface area (Å²) in [6.45, 7) is 8.77. The van der Waals surface area contributed by atoms with Gasteiger partial charge in [-0.25, -0.2) is 0 Å². The van der Waals surface area contributed by atoms with Gasteiger partial charge in [-0.15, -0.1) is 0 Å². The van der Waals surface area contributed by atoms with E-state index in [9.17, 15) is 9.59 Å². The molecular formula is C16H22N2O4. The number of aromatic nitrogens is 1. The largest absolute Gasteiger partial charge is 0.483 e. The molecule has 0 aliphatic heterocycles. The number of aliphatic carboxylic acids is 1. The van der Waals surface area contributed by atoms with Gasteiger partial charge in [-0.05, 0) is 19.1 Å². The van der Waals surface area contributed by atoms with E-state index in [0.29, 0.717) is 5.76 Å². The monoisotopic (exact) mass is 306 g/mol. The van der Waals surface area contributed by atoms with Crippen molar-refractivity contribution >= 4 is 23.7 Å². The Morgan fingerprint density at radius 2 is 2.14 bits per heavy atom. The van der Waals surface area contributed by atoms with Crippen molar-refractivity contribution in [2.24, 2.45) is 0 Å². The smallest absolute Gasteiger partial charge is 0.322 e. The number of carbonyl (C=O) groups is 2. The molecule has 2 N–H and O–H groups in total. The number of nitrogens with one attached hydrogen (secondary N) is 1. The first-order valence-electron chi connectivity index (χ1n) is 6.93. The van der Waals surface area contributed by atoms with Crippen molar-refractivity contribution in [2.45, 2.75) is 20.8 Å². The Kier molecular flexibility index (Phi) is 9.75. The number of rotatable bonds is 7. The molecule has 6 nitrogen and oxygen atoms in total. The maximum Gasteiger partial charge on any atom is 0.322 e. The minimum absolute atomic E-state index is 0.258. The van der Waals surface area contributed by atoms with E-state index < -0.39 is 18.4 Å². The van der Waals surface area contributed by atoms with E-state index in [1.165, 1.54) is 0 Å². The highest BCUT2D eigenvalue weighted by atomic mass is 16.5. The Balaban J connectivity index is 0.00000211. The molecule has 0 radical (unpaired) electrons. The van der Waals surface area contributed by atoms with Crippen LogP contribution >= 0.6 is 0 Å². The number of ether oxygens (including phenoxy) is 1. The Bertz CT molecular complexity index is 539. The zero-order valence-corrected chi connectivity index (χ0v) is 13.1. The number of carboxylic acids is 1. The fraction of sp³-hybridized carbons (Fsp3) is 0.312. The molecule has 0 unspecified atom stereocenters. The zero-order chi connectivity index (χ0) is 17.0. The van der Waals surface area contributed by atoms with Crippen LogP contribution in [0.3, 0.4) is 0 Å². The lowest BCUT2D eigenvalue weighted by atomic mass is 10.1. The molecule has 1 aromatic rings. The Labute approximate surface area is 130 Å². The molecular weight excluding hydrogens is 284 g/mol. The van der Waals surface area contributed by atoms with Gasteiger partial charge in [0.1, 0.15) is 12.3 Å². The van der Waals surface area contributed by atoms with Crippen LogP contribution in [0.2, 0.25) is 0 Å². The lowest BCUT2D eigenvalue weighted by Gasteiger charge is -2.12. The van der Waals surface area contributed by atoms with Crippen molar-refractivity contribution in [3.63, 3.8) is 0 Å². The summed E-state index contributed by atoms with van der Waals surface area (Å²) in [5.41, 5.74) is 1.55. The number of nitrogens with zero attached hydrogens (tertiary/aromatic N) is 1. The fourth-order valence-corrected chi connectivity index (χ4v) is 1.48. The molecule has 0 bridgehead atoms. The summed E-state index contributed by atoms with van der Waals surface area (Å²) in [5, 5.41) is 10.7. The average molecular weight is 306 g/mol. The van der Waals surface area contributed by atoms with E-state index in [0.717, 1.165) is 11.1 Å². The van der Waals surface area contributed by atoms with Crippen molar-refractivity contribution in [1.82, 2.24) is 10.3 Å². The first kappa shape index (κ1) is 19.4. The number of carboxylic acid groups (broad SMARTS) is 1. The normalized spacial score (nSPS) is 10.0. The molecule has 6 heteroatoms. The van der Waals surface area contributed by atoms with Crippen molar-refractivity contribution in [2.75, 3.05) is 13.2 Å². The standard InChI is InChI=1S/C14H16N2O4.C2H6/c1-3-10-7-15-6-5-11(10)12(4-2)20-9-13(17)16-8-14(18)19;1-2/h3-7H,1,8-9H2,2H3,(H,16,17)(H,18,19);1-2H3/b12-4+;. The van der Waals surface area contributed by atoms with Crippen LogP contribution in [0.15, 0.2) is 31.1 Å². The number of amides is 1. The van der Waals surface area contributed by atoms with Crippen LogP contribution in [0.5, 0.6) is 0 Å². The van der Waals surface area contributed by atoms with Gasteiger partial charge in [0.05, 0.1) is 0 Å². The Morgan fingerprint density at radius 3 is 2.68 bits per heavy atom. The highest BCUT2D eigenvalue weighted by Gasteiger charge is 2.09. The van der Waals surface area contributed by atoms with Crippen LogP contribution in [0.4, 0.5) is 0 Å². The number of pyridine rings is 1. The van der Waals surface area contributed by atoms with Gasteiger partial charge in [0, 0.05) is 23.5 Å². The summed E-state index contributed by atoms with van der Waals surface area (Å²) < 4.78 is 5.39. The van der Waals surface area contributed by atoms with Gasteiger partial charge in [-0.1, -0.05) is 26.5 Å². The predicted molar refractivity (Wildman–Crippen MR) is 85.9 cm³/mol. The van der Waals surface area contributed by atoms with Crippen LogP contribution in [-0.2, 0) is 14.3 Å². The third kappa shape index (κ3) is 6.69. The molecule has 0 atom stereocenters. The lowest BCUT2D eigenvalue weighted by Crippen LogP contribution is -2.32. The molecule has 0 spiro atoms. The summed E-state index contributed by atoms with van der Waals surface area (Å²) in [7, 11) is 0. The van der Waals surface area contributed by atoms with E-state index in [1.54, 1.807) is 37.5 Å². The number of hydrogen-bond donors (Lipinski definition) is 2. The second kappa shape index (κ2) is 11.1. The molecule has 1 rings (SSSR count). The van der Waals surface area contributed by atoms with E-state index in [-0.39, 0.29) is 6.61 Å². The third-order valence-electron chi connectivity index (χ3n) is 2.40. The lowest BCUT2D eigenvalue weighted by molar-refractivity contribution is -0.138. The van der Waals surface area contributed by atoms with Crippen molar-refractivity contribution in [1.29, 1.82) is 0 Å². The summed E-state index contributed by atoms with van der Waals surface area (Å²) in [6.07, 6.45) is 6.60. The van der Waals surface area contributed by atoms with E-state index >= 15 is 0 Å². The molecule has 1 heterocycles. The van der Waals surface area contributed by atoms with Crippen molar-refractivity contribution in [3.8, 4) is 0 Å². The van der Waals surface area contributed by atoms with Gasteiger partial charge in [0.15, 0.2) is 6.61 Å². The van der Waals surface area contributed by atoms with Crippen LogP contribution in [0.1, 0.15) is 31.9 Å². The topological polar surface area (TPSA) is 88.5 Å².